The average Bonchev–Trinajstić information content (AvgIpc) is 2.73. The molecule has 1 aromatic heterocycles. The summed E-state index contributed by atoms with van der Waals surface area (Å²) in [5.74, 6) is 0. The molecule has 0 atom stereocenters. The van der Waals surface area contributed by atoms with Gasteiger partial charge in [0.1, 0.15) is 11.8 Å². The molecule has 0 aliphatic carbocycles. The lowest BCUT2D eigenvalue weighted by molar-refractivity contribution is 0.861. The Morgan fingerprint density at radius 2 is 2.47 bits per heavy atom. The summed E-state index contributed by atoms with van der Waals surface area (Å²) in [5.41, 5.74) is 12.4. The molecule has 1 heterocycles. The Bertz CT molecular complexity index is 433. The molecule has 78 valence electrons. The third-order valence-corrected chi connectivity index (χ3v) is 1.87. The van der Waals surface area contributed by atoms with Crippen LogP contribution in [-0.2, 0) is 6.42 Å². The molecule has 1 aromatic rings. The maximum atomic E-state index is 8.54. The number of nitrogens with zero attached hydrogens (tertiary/aromatic N) is 3. The zero-order chi connectivity index (χ0) is 11.3. The fourth-order valence-electron chi connectivity index (χ4n) is 1.08. The molecule has 0 bridgehead atoms. The molecule has 0 saturated heterocycles. The van der Waals surface area contributed by atoms with E-state index in [1.807, 2.05) is 19.1 Å². The van der Waals surface area contributed by atoms with E-state index in [0.717, 1.165) is 12.1 Å². The van der Waals surface area contributed by atoms with Crippen molar-refractivity contribution in [1.29, 1.82) is 5.26 Å². The summed E-state index contributed by atoms with van der Waals surface area (Å²) in [6, 6.07) is 3.71. The zero-order valence-electron chi connectivity index (χ0n) is 8.51. The molecule has 15 heavy (non-hydrogen) atoms. The molecule has 0 unspecified atom stereocenters. The normalized spacial score (nSPS) is 12.5. The van der Waals surface area contributed by atoms with Gasteiger partial charge in [-0.2, -0.15) is 10.4 Å². The van der Waals surface area contributed by atoms with Crippen molar-refractivity contribution >= 4 is 5.70 Å². The van der Waals surface area contributed by atoms with Crippen LogP contribution in [0.15, 0.2) is 30.2 Å². The van der Waals surface area contributed by atoms with Crippen molar-refractivity contribution in [2.75, 3.05) is 0 Å². The lowest BCUT2D eigenvalue weighted by Crippen LogP contribution is -2.02. The molecule has 1 rings (SSSR count). The Balaban J connectivity index is 3.00. The summed E-state index contributed by atoms with van der Waals surface area (Å²) >= 11 is 0. The molecule has 0 saturated carbocycles. The molecule has 0 fully saturated rings. The molecular weight excluding hydrogens is 190 g/mol. The van der Waals surface area contributed by atoms with Gasteiger partial charge >= 0.3 is 0 Å². The Labute approximate surface area is 88.3 Å². The van der Waals surface area contributed by atoms with E-state index in [0.29, 0.717) is 5.70 Å². The smallest absolute Gasteiger partial charge is 0.117 e. The molecule has 0 radical (unpaired) electrons. The second-order valence-electron chi connectivity index (χ2n) is 2.91. The summed E-state index contributed by atoms with van der Waals surface area (Å²) in [6.45, 7) is 2.01. The summed E-state index contributed by atoms with van der Waals surface area (Å²) in [7, 11) is 0. The molecule has 0 spiro atoms. The second kappa shape index (κ2) is 4.86. The van der Waals surface area contributed by atoms with Crippen molar-refractivity contribution < 1.29 is 0 Å². The van der Waals surface area contributed by atoms with Crippen LogP contribution in [0.5, 0.6) is 0 Å². The first kappa shape index (κ1) is 10.9. The van der Waals surface area contributed by atoms with Gasteiger partial charge in [-0.25, -0.2) is 4.68 Å². The largest absolute Gasteiger partial charge is 0.403 e. The molecule has 0 amide bonds. The van der Waals surface area contributed by atoms with Gasteiger partial charge < -0.3 is 11.5 Å². The number of nitrogens with two attached hydrogens (primary N) is 2. The topological polar surface area (TPSA) is 93.6 Å². The van der Waals surface area contributed by atoms with Gasteiger partial charge in [-0.05, 0) is 18.6 Å². The van der Waals surface area contributed by atoms with Crippen molar-refractivity contribution in [3.05, 3.63) is 35.9 Å². The van der Waals surface area contributed by atoms with Crippen LogP contribution in [0.1, 0.15) is 12.6 Å². The summed E-state index contributed by atoms with van der Waals surface area (Å²) in [5, 5.41) is 12.8. The van der Waals surface area contributed by atoms with E-state index in [2.05, 4.69) is 5.10 Å². The molecule has 4 N–H and O–H groups in total. The second-order valence-corrected chi connectivity index (χ2v) is 2.91. The number of rotatable bonds is 3. The molecule has 0 aliphatic heterocycles. The van der Waals surface area contributed by atoms with Gasteiger partial charge in [0.25, 0.3) is 0 Å². The highest BCUT2D eigenvalue weighted by molar-refractivity contribution is 5.58. The third kappa shape index (κ3) is 2.61. The first-order chi connectivity index (χ1) is 7.21. The summed E-state index contributed by atoms with van der Waals surface area (Å²) in [4.78, 5) is 0. The minimum Gasteiger partial charge on any atom is -0.403 e. The molecule has 0 aliphatic rings. The monoisotopic (exact) mass is 203 g/mol. The van der Waals surface area contributed by atoms with Gasteiger partial charge in [-0.3, -0.25) is 0 Å². The van der Waals surface area contributed by atoms with Gasteiger partial charge in [0.15, 0.2) is 0 Å². The Morgan fingerprint density at radius 3 is 2.93 bits per heavy atom. The highest BCUT2D eigenvalue weighted by Gasteiger charge is 2.00. The SMILES string of the molecule is CCc1ccn(C(/C=C(\N)C#N)=C/N)n1. The fourth-order valence-corrected chi connectivity index (χ4v) is 1.08. The first-order valence-electron chi connectivity index (χ1n) is 4.55. The van der Waals surface area contributed by atoms with Crippen molar-refractivity contribution in [2.45, 2.75) is 13.3 Å². The number of aromatic nitrogens is 2. The minimum absolute atomic E-state index is 0.0975. The highest BCUT2D eigenvalue weighted by Crippen LogP contribution is 2.06. The Kier molecular flexibility index (Phi) is 3.52. The van der Waals surface area contributed by atoms with Crippen LogP contribution in [0, 0.1) is 11.3 Å². The van der Waals surface area contributed by atoms with Crippen LogP contribution in [0.2, 0.25) is 0 Å². The van der Waals surface area contributed by atoms with Crippen LogP contribution < -0.4 is 11.5 Å². The van der Waals surface area contributed by atoms with E-state index >= 15 is 0 Å². The highest BCUT2D eigenvalue weighted by atomic mass is 15.3. The van der Waals surface area contributed by atoms with E-state index in [-0.39, 0.29) is 5.70 Å². The number of hydrogen-bond acceptors (Lipinski definition) is 4. The number of aryl methyl sites for hydroxylation is 1. The zero-order valence-corrected chi connectivity index (χ0v) is 8.51. The lowest BCUT2D eigenvalue weighted by Gasteiger charge is -2.00. The summed E-state index contributed by atoms with van der Waals surface area (Å²) in [6.07, 6.45) is 5.46. The Hall–Kier alpha value is -2.22. The Morgan fingerprint density at radius 1 is 1.73 bits per heavy atom. The quantitative estimate of drug-likeness (QED) is 0.554. The molecular formula is C10H13N5. The first-order valence-corrected chi connectivity index (χ1v) is 4.55. The number of nitriles is 1. The van der Waals surface area contributed by atoms with E-state index in [1.54, 1.807) is 10.9 Å². The number of hydrogen-bond donors (Lipinski definition) is 2. The molecule has 5 heteroatoms. The lowest BCUT2D eigenvalue weighted by atomic mass is 10.3. The maximum Gasteiger partial charge on any atom is 0.117 e. The van der Waals surface area contributed by atoms with Gasteiger partial charge in [-0.1, -0.05) is 6.92 Å². The van der Waals surface area contributed by atoms with E-state index < -0.39 is 0 Å². The van der Waals surface area contributed by atoms with Crippen molar-refractivity contribution in [1.82, 2.24) is 9.78 Å². The van der Waals surface area contributed by atoms with Crippen molar-refractivity contribution in [3.8, 4) is 6.07 Å². The van der Waals surface area contributed by atoms with Gasteiger partial charge in [0, 0.05) is 12.4 Å². The minimum atomic E-state index is 0.0975. The molecule has 0 aromatic carbocycles. The standard InChI is InChI=1S/C10H13N5/c1-2-9-3-4-15(14-9)10(7-12)5-8(13)6-11/h3-5,7H,2,12-13H2,1H3/b8-5-,10-7+. The molecule has 5 nitrogen and oxygen atoms in total. The van der Waals surface area contributed by atoms with Crippen molar-refractivity contribution in [3.63, 3.8) is 0 Å². The van der Waals surface area contributed by atoms with E-state index in [4.69, 9.17) is 16.7 Å². The summed E-state index contributed by atoms with van der Waals surface area (Å²) < 4.78 is 1.59. The van der Waals surface area contributed by atoms with Gasteiger partial charge in [-0.15, -0.1) is 0 Å². The van der Waals surface area contributed by atoms with Crippen LogP contribution >= 0.6 is 0 Å². The fraction of sp³-hybridized carbons (Fsp3) is 0.200. The third-order valence-electron chi connectivity index (χ3n) is 1.87. The number of allylic oxidation sites excluding steroid dienone is 3. The maximum absolute atomic E-state index is 8.54. The predicted octanol–water partition coefficient (Wildman–Crippen LogP) is 0.569. The van der Waals surface area contributed by atoms with Crippen LogP contribution in [0.3, 0.4) is 0 Å². The van der Waals surface area contributed by atoms with Crippen LogP contribution in [0.25, 0.3) is 5.70 Å². The predicted molar refractivity (Wildman–Crippen MR) is 57.9 cm³/mol. The average molecular weight is 203 g/mol. The van der Waals surface area contributed by atoms with E-state index in [9.17, 15) is 0 Å². The van der Waals surface area contributed by atoms with Gasteiger partial charge in [0.05, 0.1) is 11.4 Å². The van der Waals surface area contributed by atoms with Crippen LogP contribution in [0.4, 0.5) is 0 Å². The van der Waals surface area contributed by atoms with E-state index in [1.165, 1.54) is 12.3 Å². The van der Waals surface area contributed by atoms with Crippen LogP contribution in [-0.4, -0.2) is 9.78 Å². The van der Waals surface area contributed by atoms with Gasteiger partial charge in [0.2, 0.25) is 0 Å². The van der Waals surface area contributed by atoms with Crippen molar-refractivity contribution in [2.24, 2.45) is 11.5 Å².